The lowest BCUT2D eigenvalue weighted by molar-refractivity contribution is -0.141. The molecule has 146 valence electrons. The van der Waals surface area contributed by atoms with E-state index in [2.05, 4.69) is 11.1 Å². The predicted molar refractivity (Wildman–Crippen MR) is 114 cm³/mol. The van der Waals surface area contributed by atoms with Gasteiger partial charge in [0.15, 0.2) is 4.80 Å². The Kier molecular flexibility index (Phi) is 6.59. The summed E-state index contributed by atoms with van der Waals surface area (Å²) in [6.45, 7) is 4.05. The van der Waals surface area contributed by atoms with Crippen molar-refractivity contribution in [1.82, 2.24) is 4.57 Å². The molecule has 0 radical (unpaired) electrons. The van der Waals surface area contributed by atoms with Crippen LogP contribution in [0, 0.1) is 13.8 Å². The Morgan fingerprint density at radius 1 is 1.18 bits per heavy atom. The predicted octanol–water partition coefficient (Wildman–Crippen LogP) is 4.37. The summed E-state index contributed by atoms with van der Waals surface area (Å²) < 4.78 is 7.52. The lowest BCUT2D eigenvalue weighted by Crippen LogP contribution is -2.22. The number of nitrogens with zero attached hydrogens (tertiary/aromatic N) is 2. The Morgan fingerprint density at radius 3 is 2.54 bits per heavy atom. The summed E-state index contributed by atoms with van der Waals surface area (Å²) in [6.07, 6.45) is 0. The van der Waals surface area contributed by atoms with E-state index in [-0.39, 0.29) is 24.2 Å². The summed E-state index contributed by atoms with van der Waals surface area (Å²) >= 11 is 8.67. The number of amides is 1. The van der Waals surface area contributed by atoms with Crippen LogP contribution in [-0.4, -0.2) is 29.3 Å². The lowest BCUT2D eigenvalue weighted by Gasteiger charge is -2.05. The highest BCUT2D eigenvalue weighted by molar-refractivity contribution is 8.00. The molecule has 1 heterocycles. The quantitative estimate of drug-likeness (QED) is 0.442. The highest BCUT2D eigenvalue weighted by Crippen LogP contribution is 2.23. The second-order valence-electron chi connectivity index (χ2n) is 6.20. The Morgan fingerprint density at radius 2 is 1.86 bits per heavy atom. The van der Waals surface area contributed by atoms with Crippen LogP contribution in [0.4, 0.5) is 0 Å². The summed E-state index contributed by atoms with van der Waals surface area (Å²) in [7, 11) is 1.34. The molecule has 0 saturated heterocycles. The number of aromatic nitrogens is 1. The molecule has 0 aliphatic carbocycles. The van der Waals surface area contributed by atoms with Crippen molar-refractivity contribution in [3.05, 3.63) is 57.3 Å². The van der Waals surface area contributed by atoms with Gasteiger partial charge in [-0.2, -0.15) is 4.99 Å². The third kappa shape index (κ3) is 4.84. The van der Waals surface area contributed by atoms with Crippen molar-refractivity contribution in [3.63, 3.8) is 0 Å². The van der Waals surface area contributed by atoms with E-state index in [0.717, 1.165) is 26.2 Å². The number of esters is 1. The zero-order valence-corrected chi connectivity index (χ0v) is 18.1. The van der Waals surface area contributed by atoms with E-state index >= 15 is 0 Å². The van der Waals surface area contributed by atoms with E-state index < -0.39 is 0 Å². The summed E-state index contributed by atoms with van der Waals surface area (Å²) in [6, 6.07) is 11.4. The summed E-state index contributed by atoms with van der Waals surface area (Å²) in [5.74, 6) is -0.451. The standard InChI is InChI=1S/C20H19ClN2O3S2/c1-12-8-16-17(9-13(12)2)28-20(23(16)10-19(25)26-3)22-18(24)11-27-15-6-4-14(21)5-7-15/h4-9H,10-11H2,1-3H3. The van der Waals surface area contributed by atoms with Gasteiger partial charge in [0, 0.05) is 9.92 Å². The van der Waals surface area contributed by atoms with Gasteiger partial charge in [-0.1, -0.05) is 22.9 Å². The summed E-state index contributed by atoms with van der Waals surface area (Å²) in [5, 5.41) is 0.653. The van der Waals surface area contributed by atoms with Gasteiger partial charge >= 0.3 is 5.97 Å². The number of aryl methyl sites for hydroxylation is 2. The number of rotatable bonds is 5. The van der Waals surface area contributed by atoms with E-state index in [1.165, 1.54) is 30.2 Å². The Bertz CT molecular complexity index is 1100. The first kappa shape index (κ1) is 20.6. The first-order chi connectivity index (χ1) is 13.4. The fourth-order valence-electron chi connectivity index (χ4n) is 2.57. The third-order valence-corrected chi connectivity index (χ3v) is 6.50. The van der Waals surface area contributed by atoms with E-state index in [0.29, 0.717) is 9.82 Å². The molecule has 0 aliphatic heterocycles. The van der Waals surface area contributed by atoms with E-state index in [1.54, 1.807) is 16.7 Å². The second-order valence-corrected chi connectivity index (χ2v) is 8.69. The van der Waals surface area contributed by atoms with Gasteiger partial charge in [0.1, 0.15) is 6.54 Å². The van der Waals surface area contributed by atoms with Gasteiger partial charge in [-0.15, -0.1) is 11.8 Å². The maximum atomic E-state index is 12.4. The fraction of sp³-hybridized carbons (Fsp3) is 0.250. The molecule has 1 aromatic heterocycles. The zero-order valence-electron chi connectivity index (χ0n) is 15.7. The summed E-state index contributed by atoms with van der Waals surface area (Å²) in [5.41, 5.74) is 3.13. The highest BCUT2D eigenvalue weighted by atomic mass is 35.5. The molecule has 5 nitrogen and oxygen atoms in total. The molecule has 2 aromatic carbocycles. The van der Waals surface area contributed by atoms with Gasteiger partial charge in [0.25, 0.3) is 5.91 Å². The van der Waals surface area contributed by atoms with Crippen molar-refractivity contribution in [2.45, 2.75) is 25.3 Å². The molecular formula is C20H19ClN2O3S2. The Hall–Kier alpha value is -2.09. The number of carbonyl (C=O) groups is 2. The molecule has 0 bridgehead atoms. The van der Waals surface area contributed by atoms with Crippen LogP contribution in [0.1, 0.15) is 11.1 Å². The van der Waals surface area contributed by atoms with Crippen LogP contribution < -0.4 is 4.80 Å². The van der Waals surface area contributed by atoms with Gasteiger partial charge in [-0.05, 0) is 61.4 Å². The fourth-order valence-corrected chi connectivity index (χ4v) is 4.50. The van der Waals surface area contributed by atoms with Crippen molar-refractivity contribution in [2.75, 3.05) is 12.9 Å². The molecule has 0 fully saturated rings. The normalized spacial score (nSPS) is 11.8. The number of hydrogen-bond acceptors (Lipinski definition) is 5. The van der Waals surface area contributed by atoms with E-state index in [9.17, 15) is 9.59 Å². The van der Waals surface area contributed by atoms with Crippen molar-refractivity contribution in [3.8, 4) is 0 Å². The van der Waals surface area contributed by atoms with E-state index in [4.69, 9.17) is 16.3 Å². The van der Waals surface area contributed by atoms with Gasteiger partial charge in [0.05, 0.1) is 23.1 Å². The number of hydrogen-bond donors (Lipinski definition) is 0. The number of thiazole rings is 1. The first-order valence-electron chi connectivity index (χ1n) is 8.50. The number of halogens is 1. The first-order valence-corrected chi connectivity index (χ1v) is 10.7. The van der Waals surface area contributed by atoms with Crippen LogP contribution in [0.25, 0.3) is 10.2 Å². The average Bonchev–Trinajstić information content (AvgIpc) is 2.97. The molecule has 0 N–H and O–H groups in total. The molecule has 1 amide bonds. The molecule has 0 spiro atoms. The van der Waals surface area contributed by atoms with Crippen LogP contribution in [0.3, 0.4) is 0 Å². The molecule has 8 heteroatoms. The van der Waals surface area contributed by atoms with Gasteiger partial charge in [-0.3, -0.25) is 9.59 Å². The molecule has 3 aromatic rings. The molecule has 3 rings (SSSR count). The molecule has 0 atom stereocenters. The van der Waals surface area contributed by atoms with Crippen LogP contribution in [0.2, 0.25) is 5.02 Å². The molecule has 28 heavy (non-hydrogen) atoms. The number of fused-ring (bicyclic) bond motifs is 1. The van der Waals surface area contributed by atoms with Crippen LogP contribution in [-0.2, 0) is 20.9 Å². The second kappa shape index (κ2) is 8.94. The highest BCUT2D eigenvalue weighted by Gasteiger charge is 2.13. The lowest BCUT2D eigenvalue weighted by atomic mass is 10.1. The number of thioether (sulfide) groups is 1. The number of carbonyl (C=O) groups excluding carboxylic acids is 2. The largest absolute Gasteiger partial charge is 0.468 e. The minimum Gasteiger partial charge on any atom is -0.468 e. The molecule has 0 unspecified atom stereocenters. The maximum absolute atomic E-state index is 12.4. The monoisotopic (exact) mass is 434 g/mol. The Balaban J connectivity index is 1.92. The SMILES string of the molecule is COC(=O)Cn1c(=NC(=O)CSc2ccc(Cl)cc2)sc2cc(C)c(C)cc21. The Labute approximate surface area is 176 Å². The zero-order chi connectivity index (χ0) is 20.3. The third-order valence-electron chi connectivity index (χ3n) is 4.21. The molecular weight excluding hydrogens is 416 g/mol. The van der Waals surface area contributed by atoms with Gasteiger partial charge < -0.3 is 9.30 Å². The number of methoxy groups -OCH3 is 1. The molecule has 0 aliphatic rings. The maximum Gasteiger partial charge on any atom is 0.325 e. The topological polar surface area (TPSA) is 60.7 Å². The van der Waals surface area contributed by atoms with E-state index in [1.807, 2.05) is 32.0 Å². The molecule has 0 saturated carbocycles. The van der Waals surface area contributed by atoms with Crippen molar-refractivity contribution >= 4 is 56.8 Å². The van der Waals surface area contributed by atoms with Crippen LogP contribution in [0.5, 0.6) is 0 Å². The van der Waals surface area contributed by atoms with Crippen LogP contribution >= 0.6 is 34.7 Å². The van der Waals surface area contributed by atoms with Crippen LogP contribution in [0.15, 0.2) is 46.3 Å². The van der Waals surface area contributed by atoms with Crippen molar-refractivity contribution < 1.29 is 14.3 Å². The number of benzene rings is 2. The van der Waals surface area contributed by atoms with Crippen molar-refractivity contribution in [2.24, 2.45) is 4.99 Å². The van der Waals surface area contributed by atoms with Gasteiger partial charge in [-0.25, -0.2) is 0 Å². The number of ether oxygens (including phenoxy) is 1. The average molecular weight is 435 g/mol. The summed E-state index contributed by atoms with van der Waals surface area (Å²) in [4.78, 5) is 30.0. The van der Waals surface area contributed by atoms with Crippen molar-refractivity contribution in [1.29, 1.82) is 0 Å². The minimum absolute atomic E-state index is 0.00937. The van der Waals surface area contributed by atoms with Gasteiger partial charge in [0.2, 0.25) is 0 Å². The minimum atomic E-state index is -0.387. The smallest absolute Gasteiger partial charge is 0.325 e.